The van der Waals surface area contributed by atoms with Crippen LogP contribution in [0.4, 0.5) is 5.69 Å². The zero-order valence-electron chi connectivity index (χ0n) is 13.8. The lowest BCUT2D eigenvalue weighted by atomic mass is 10.1. The largest absolute Gasteiger partial charge is 0.378 e. The summed E-state index contributed by atoms with van der Waals surface area (Å²) in [7, 11) is 0. The molecule has 0 bridgehead atoms. The third kappa shape index (κ3) is 4.15. The van der Waals surface area contributed by atoms with Crippen LogP contribution in [0, 0.1) is 11.3 Å². The maximum Gasteiger partial charge on any atom is 0.262 e. The molecule has 0 radical (unpaired) electrons. The molecule has 24 heavy (non-hydrogen) atoms. The van der Waals surface area contributed by atoms with Crippen LogP contribution in [0.5, 0.6) is 0 Å². The number of hydrogen-bond donors (Lipinski definition) is 1. The molecule has 5 nitrogen and oxygen atoms in total. The molecule has 1 aliphatic heterocycles. The normalized spacial score (nSPS) is 19.1. The maximum atomic E-state index is 12.2. The highest BCUT2D eigenvalue weighted by Crippen LogP contribution is 2.20. The van der Waals surface area contributed by atoms with Crippen molar-refractivity contribution in [2.24, 2.45) is 0 Å². The average Bonchev–Trinajstić information content (AvgIpc) is 3.14. The topological polar surface area (TPSA) is 65.4 Å². The van der Waals surface area contributed by atoms with E-state index in [0.29, 0.717) is 0 Å². The first-order chi connectivity index (χ1) is 11.8. The minimum absolute atomic E-state index is 0.168. The average molecular weight is 325 g/mol. The van der Waals surface area contributed by atoms with Crippen LogP contribution in [0.15, 0.2) is 29.8 Å². The van der Waals surface area contributed by atoms with Gasteiger partial charge in [-0.2, -0.15) is 5.26 Å². The van der Waals surface area contributed by atoms with E-state index >= 15 is 0 Å². The van der Waals surface area contributed by atoms with Gasteiger partial charge in [0.15, 0.2) is 0 Å². The van der Waals surface area contributed by atoms with Crippen molar-refractivity contribution in [2.75, 3.05) is 31.2 Å². The lowest BCUT2D eigenvalue weighted by Crippen LogP contribution is -2.36. The molecular weight excluding hydrogens is 302 g/mol. The van der Waals surface area contributed by atoms with Crippen LogP contribution in [0.3, 0.4) is 0 Å². The molecule has 0 spiro atoms. The Morgan fingerprint density at radius 3 is 2.50 bits per heavy atom. The van der Waals surface area contributed by atoms with Gasteiger partial charge in [0.2, 0.25) is 0 Å². The summed E-state index contributed by atoms with van der Waals surface area (Å²) in [5.74, 6) is -0.262. The van der Waals surface area contributed by atoms with Gasteiger partial charge in [-0.3, -0.25) is 4.79 Å². The highest BCUT2D eigenvalue weighted by molar-refractivity contribution is 6.01. The van der Waals surface area contributed by atoms with Gasteiger partial charge in [-0.1, -0.05) is 25.0 Å². The van der Waals surface area contributed by atoms with Crippen LogP contribution < -0.4 is 10.2 Å². The summed E-state index contributed by atoms with van der Waals surface area (Å²) in [6.07, 6.45) is 5.99. The molecule has 5 heteroatoms. The number of ether oxygens (including phenoxy) is 1. The first-order valence-corrected chi connectivity index (χ1v) is 8.62. The molecular formula is C19H23N3O2. The Kier molecular flexibility index (Phi) is 5.50. The van der Waals surface area contributed by atoms with Crippen LogP contribution >= 0.6 is 0 Å². The molecule has 1 saturated heterocycles. The van der Waals surface area contributed by atoms with Gasteiger partial charge in [0.25, 0.3) is 5.91 Å². The number of hydrogen-bond acceptors (Lipinski definition) is 4. The van der Waals surface area contributed by atoms with Gasteiger partial charge in [-0.05, 0) is 36.6 Å². The van der Waals surface area contributed by atoms with Gasteiger partial charge in [-0.15, -0.1) is 0 Å². The fourth-order valence-electron chi connectivity index (χ4n) is 3.25. The molecule has 1 aliphatic carbocycles. The Hall–Kier alpha value is -2.32. The highest BCUT2D eigenvalue weighted by atomic mass is 16.5. The summed E-state index contributed by atoms with van der Waals surface area (Å²) in [5, 5.41) is 12.3. The zero-order valence-corrected chi connectivity index (χ0v) is 13.8. The Morgan fingerprint density at radius 2 is 1.88 bits per heavy atom. The van der Waals surface area contributed by atoms with Gasteiger partial charge in [-0.25, -0.2) is 0 Å². The Bertz CT molecular complexity index is 634. The third-order valence-electron chi connectivity index (χ3n) is 4.64. The summed E-state index contributed by atoms with van der Waals surface area (Å²) in [6, 6.07) is 10.2. The number of nitrogens with zero attached hydrogens (tertiary/aromatic N) is 2. The van der Waals surface area contributed by atoms with Crippen LogP contribution in [0.25, 0.3) is 6.08 Å². The summed E-state index contributed by atoms with van der Waals surface area (Å²) >= 11 is 0. The van der Waals surface area contributed by atoms with E-state index in [1.165, 1.54) is 0 Å². The van der Waals surface area contributed by atoms with Crippen molar-refractivity contribution in [3.8, 4) is 6.07 Å². The lowest BCUT2D eigenvalue weighted by molar-refractivity contribution is -0.117. The zero-order chi connectivity index (χ0) is 16.8. The van der Waals surface area contributed by atoms with Gasteiger partial charge in [0, 0.05) is 24.8 Å². The van der Waals surface area contributed by atoms with Crippen molar-refractivity contribution in [1.82, 2.24) is 5.32 Å². The summed E-state index contributed by atoms with van der Waals surface area (Å²) in [4.78, 5) is 14.5. The highest BCUT2D eigenvalue weighted by Gasteiger charge is 2.19. The number of morpholine rings is 1. The van der Waals surface area contributed by atoms with Crippen LogP contribution in [-0.2, 0) is 9.53 Å². The predicted octanol–water partition coefficient (Wildman–Crippen LogP) is 2.49. The van der Waals surface area contributed by atoms with E-state index in [-0.39, 0.29) is 17.5 Å². The fourth-order valence-corrected chi connectivity index (χ4v) is 3.25. The van der Waals surface area contributed by atoms with Gasteiger partial charge < -0.3 is 15.0 Å². The molecule has 1 N–H and O–H groups in total. The van der Waals surface area contributed by atoms with E-state index < -0.39 is 0 Å². The Labute approximate surface area is 142 Å². The SMILES string of the molecule is N#C/C(=C/c1ccc(N2CCOCC2)cc1)C(=O)NC1CCCC1. The van der Waals surface area contributed by atoms with Crippen molar-refractivity contribution >= 4 is 17.7 Å². The number of carbonyl (C=O) groups excluding carboxylic acids is 1. The van der Waals surface area contributed by atoms with E-state index in [1.807, 2.05) is 30.3 Å². The quantitative estimate of drug-likeness (QED) is 0.682. The number of anilines is 1. The van der Waals surface area contributed by atoms with Crippen molar-refractivity contribution in [1.29, 1.82) is 5.26 Å². The molecule has 1 heterocycles. The lowest BCUT2D eigenvalue weighted by Gasteiger charge is -2.28. The monoisotopic (exact) mass is 325 g/mol. The second-order valence-corrected chi connectivity index (χ2v) is 6.32. The number of amides is 1. The van der Waals surface area contributed by atoms with Crippen LogP contribution in [0.1, 0.15) is 31.2 Å². The van der Waals surface area contributed by atoms with Crippen molar-refractivity contribution < 1.29 is 9.53 Å². The van der Waals surface area contributed by atoms with Crippen molar-refractivity contribution in [3.63, 3.8) is 0 Å². The van der Waals surface area contributed by atoms with Gasteiger partial charge in [0.05, 0.1) is 13.2 Å². The number of rotatable bonds is 4. The predicted molar refractivity (Wildman–Crippen MR) is 93.5 cm³/mol. The fraction of sp³-hybridized carbons (Fsp3) is 0.474. The van der Waals surface area contributed by atoms with Crippen LogP contribution in [0.2, 0.25) is 0 Å². The summed E-state index contributed by atoms with van der Waals surface area (Å²) in [6.45, 7) is 3.29. The van der Waals surface area contributed by atoms with Crippen molar-refractivity contribution in [2.45, 2.75) is 31.7 Å². The maximum absolute atomic E-state index is 12.2. The minimum atomic E-state index is -0.262. The molecule has 1 aromatic carbocycles. The van der Waals surface area contributed by atoms with E-state index in [2.05, 4.69) is 10.2 Å². The van der Waals surface area contributed by atoms with Gasteiger partial charge in [0.1, 0.15) is 11.6 Å². The minimum Gasteiger partial charge on any atom is -0.378 e. The molecule has 2 aliphatic rings. The smallest absolute Gasteiger partial charge is 0.262 e. The van der Waals surface area contributed by atoms with Crippen molar-refractivity contribution in [3.05, 3.63) is 35.4 Å². The molecule has 3 rings (SSSR count). The molecule has 1 aromatic rings. The van der Waals surface area contributed by atoms with E-state index in [0.717, 1.165) is 63.2 Å². The molecule has 0 unspecified atom stereocenters. The van der Waals surface area contributed by atoms with E-state index in [1.54, 1.807) is 6.08 Å². The molecule has 0 atom stereocenters. The molecule has 1 saturated carbocycles. The number of nitriles is 1. The molecule has 0 aromatic heterocycles. The summed E-state index contributed by atoms with van der Waals surface area (Å²) < 4.78 is 5.36. The van der Waals surface area contributed by atoms with Crippen LogP contribution in [-0.4, -0.2) is 38.3 Å². The molecule has 2 fully saturated rings. The first-order valence-electron chi connectivity index (χ1n) is 8.62. The number of carbonyl (C=O) groups is 1. The molecule has 1 amide bonds. The molecule has 126 valence electrons. The first kappa shape index (κ1) is 16.5. The van der Waals surface area contributed by atoms with E-state index in [9.17, 15) is 10.1 Å². The Morgan fingerprint density at radius 1 is 1.21 bits per heavy atom. The second kappa shape index (κ2) is 7.98. The second-order valence-electron chi connectivity index (χ2n) is 6.32. The Balaban J connectivity index is 1.66. The standard InChI is InChI=1S/C19H23N3O2/c20-14-16(19(23)21-17-3-1-2-4-17)13-15-5-7-18(8-6-15)22-9-11-24-12-10-22/h5-8,13,17H,1-4,9-12H2,(H,21,23)/b16-13-. The third-order valence-corrected chi connectivity index (χ3v) is 4.64. The number of nitrogens with one attached hydrogen (secondary N) is 1. The summed E-state index contributed by atoms with van der Waals surface area (Å²) in [5.41, 5.74) is 2.18. The number of benzene rings is 1. The van der Waals surface area contributed by atoms with Gasteiger partial charge >= 0.3 is 0 Å². The van der Waals surface area contributed by atoms with E-state index in [4.69, 9.17) is 4.74 Å².